The second kappa shape index (κ2) is 3.84. The number of fused-ring (bicyclic) bond motifs is 1. The smallest absolute Gasteiger partial charge is 0.131 e. The second-order valence-corrected chi connectivity index (χ2v) is 4.36. The molecule has 0 aromatic heterocycles. The Bertz CT molecular complexity index is 606. The van der Waals surface area contributed by atoms with Crippen LogP contribution in [0.1, 0.15) is 24.3 Å². The second-order valence-electron chi connectivity index (χ2n) is 4.36. The quantitative estimate of drug-likeness (QED) is 0.587. The summed E-state index contributed by atoms with van der Waals surface area (Å²) in [5, 5.41) is 13.7. The Labute approximate surface area is 98.4 Å². The summed E-state index contributed by atoms with van der Waals surface area (Å²) in [7, 11) is 0. The highest BCUT2D eigenvalue weighted by molar-refractivity contribution is 6.00. The lowest BCUT2D eigenvalue weighted by Crippen LogP contribution is -2.23. The van der Waals surface area contributed by atoms with Gasteiger partial charge in [0.15, 0.2) is 0 Å². The normalized spacial score (nSPS) is 21.7. The van der Waals surface area contributed by atoms with E-state index in [4.69, 9.17) is 5.21 Å². The van der Waals surface area contributed by atoms with E-state index in [0.29, 0.717) is 5.39 Å². The molecule has 17 heavy (non-hydrogen) atoms. The minimum Gasteiger partial charge on any atom is -0.411 e. The lowest BCUT2D eigenvalue weighted by atomic mass is 9.76. The molecule has 1 aliphatic rings. The molecule has 1 N–H and O–H groups in total. The zero-order chi connectivity index (χ0) is 11.8. The maximum absolute atomic E-state index is 13.7. The Morgan fingerprint density at radius 3 is 2.59 bits per heavy atom. The molecule has 0 saturated heterocycles. The van der Waals surface area contributed by atoms with Crippen molar-refractivity contribution in [2.24, 2.45) is 5.16 Å². The van der Waals surface area contributed by atoms with Gasteiger partial charge in [0.25, 0.3) is 0 Å². The molecule has 3 rings (SSSR count). The maximum atomic E-state index is 13.7. The van der Waals surface area contributed by atoms with Crippen LogP contribution in [-0.4, -0.2) is 10.9 Å². The topological polar surface area (TPSA) is 32.6 Å². The molecule has 0 amide bonds. The van der Waals surface area contributed by atoms with Gasteiger partial charge in [0.05, 0.1) is 5.71 Å². The average Bonchev–Trinajstić information content (AvgIpc) is 2.30. The highest BCUT2D eigenvalue weighted by atomic mass is 19.1. The van der Waals surface area contributed by atoms with Gasteiger partial charge in [-0.2, -0.15) is 0 Å². The summed E-state index contributed by atoms with van der Waals surface area (Å²) in [4.78, 5) is 0. The fourth-order valence-corrected chi connectivity index (χ4v) is 2.47. The van der Waals surface area contributed by atoms with E-state index in [9.17, 15) is 4.39 Å². The van der Waals surface area contributed by atoms with Crippen molar-refractivity contribution in [3.8, 4) is 0 Å². The first-order valence-electron chi connectivity index (χ1n) is 5.69. The first-order valence-corrected chi connectivity index (χ1v) is 5.69. The molecule has 0 heterocycles. The molecular weight excluding hydrogens is 217 g/mol. The zero-order valence-corrected chi connectivity index (χ0v) is 9.23. The minimum atomic E-state index is -0.203. The van der Waals surface area contributed by atoms with Crippen LogP contribution in [-0.2, 0) is 0 Å². The van der Waals surface area contributed by atoms with Gasteiger partial charge in [0.1, 0.15) is 5.82 Å². The molecule has 2 aromatic rings. The SMILES string of the molecule is ON=C1CCC1c1cccc2c(F)cccc12. The Kier molecular flexibility index (Phi) is 2.32. The van der Waals surface area contributed by atoms with E-state index in [0.717, 1.165) is 29.5 Å². The molecule has 0 spiro atoms. The number of hydrogen-bond acceptors (Lipinski definition) is 2. The van der Waals surface area contributed by atoms with Crippen molar-refractivity contribution in [3.05, 3.63) is 47.8 Å². The van der Waals surface area contributed by atoms with Crippen molar-refractivity contribution < 1.29 is 9.60 Å². The third kappa shape index (κ3) is 1.50. The van der Waals surface area contributed by atoms with Crippen LogP contribution in [0.4, 0.5) is 4.39 Å². The number of nitrogens with zero attached hydrogens (tertiary/aromatic N) is 1. The van der Waals surface area contributed by atoms with Crippen LogP contribution in [0.5, 0.6) is 0 Å². The van der Waals surface area contributed by atoms with Crippen LogP contribution < -0.4 is 0 Å². The van der Waals surface area contributed by atoms with Gasteiger partial charge in [0.2, 0.25) is 0 Å². The highest BCUT2D eigenvalue weighted by Gasteiger charge is 2.29. The van der Waals surface area contributed by atoms with E-state index in [2.05, 4.69) is 5.16 Å². The van der Waals surface area contributed by atoms with Gasteiger partial charge in [0, 0.05) is 11.3 Å². The molecule has 1 saturated carbocycles. The van der Waals surface area contributed by atoms with Crippen LogP contribution in [0, 0.1) is 5.82 Å². The fourth-order valence-electron chi connectivity index (χ4n) is 2.47. The Morgan fingerprint density at radius 1 is 1.12 bits per heavy atom. The molecule has 1 fully saturated rings. The molecule has 1 aliphatic carbocycles. The van der Waals surface area contributed by atoms with Crippen molar-refractivity contribution in [1.82, 2.24) is 0 Å². The van der Waals surface area contributed by atoms with E-state index < -0.39 is 0 Å². The molecule has 0 aliphatic heterocycles. The Morgan fingerprint density at radius 2 is 1.88 bits per heavy atom. The molecule has 1 unspecified atom stereocenters. The Hall–Kier alpha value is -1.90. The van der Waals surface area contributed by atoms with Crippen LogP contribution in [0.25, 0.3) is 10.8 Å². The maximum Gasteiger partial charge on any atom is 0.131 e. The van der Waals surface area contributed by atoms with Gasteiger partial charge in [-0.25, -0.2) is 4.39 Å². The zero-order valence-electron chi connectivity index (χ0n) is 9.23. The molecular formula is C14H12FNO. The summed E-state index contributed by atoms with van der Waals surface area (Å²) in [5.41, 5.74) is 1.85. The van der Waals surface area contributed by atoms with Gasteiger partial charge in [-0.1, -0.05) is 35.5 Å². The van der Waals surface area contributed by atoms with Gasteiger partial charge in [-0.15, -0.1) is 0 Å². The highest BCUT2D eigenvalue weighted by Crippen LogP contribution is 2.38. The Balaban J connectivity index is 2.20. The van der Waals surface area contributed by atoms with Crippen molar-refractivity contribution in [2.45, 2.75) is 18.8 Å². The number of benzene rings is 2. The predicted molar refractivity (Wildman–Crippen MR) is 65.1 cm³/mol. The van der Waals surface area contributed by atoms with Crippen LogP contribution in [0.2, 0.25) is 0 Å². The minimum absolute atomic E-state index is 0.144. The van der Waals surface area contributed by atoms with E-state index in [1.807, 2.05) is 18.2 Å². The summed E-state index contributed by atoms with van der Waals surface area (Å²) in [6.07, 6.45) is 1.79. The third-order valence-electron chi connectivity index (χ3n) is 3.50. The van der Waals surface area contributed by atoms with E-state index in [1.165, 1.54) is 6.07 Å². The van der Waals surface area contributed by atoms with Gasteiger partial charge < -0.3 is 5.21 Å². The molecule has 1 atom stereocenters. The molecule has 2 aromatic carbocycles. The predicted octanol–water partition coefficient (Wildman–Crippen LogP) is 3.69. The van der Waals surface area contributed by atoms with Gasteiger partial charge >= 0.3 is 0 Å². The number of oxime groups is 1. The molecule has 0 bridgehead atoms. The summed E-state index contributed by atoms with van der Waals surface area (Å²) in [5.74, 6) is -0.0586. The van der Waals surface area contributed by atoms with E-state index >= 15 is 0 Å². The lowest BCUT2D eigenvalue weighted by molar-refractivity contribution is 0.310. The largest absolute Gasteiger partial charge is 0.411 e. The molecule has 86 valence electrons. The van der Waals surface area contributed by atoms with E-state index in [-0.39, 0.29) is 11.7 Å². The third-order valence-corrected chi connectivity index (χ3v) is 3.50. The summed E-state index contributed by atoms with van der Waals surface area (Å²) in [6, 6.07) is 10.7. The van der Waals surface area contributed by atoms with E-state index in [1.54, 1.807) is 12.1 Å². The molecule has 3 heteroatoms. The number of hydrogen-bond donors (Lipinski definition) is 1. The number of rotatable bonds is 1. The summed E-state index contributed by atoms with van der Waals surface area (Å²) >= 11 is 0. The van der Waals surface area contributed by atoms with Crippen LogP contribution in [0.3, 0.4) is 0 Å². The average molecular weight is 229 g/mol. The molecule has 2 nitrogen and oxygen atoms in total. The fraction of sp³-hybridized carbons (Fsp3) is 0.214. The first kappa shape index (κ1) is 10.3. The first-order chi connectivity index (χ1) is 8.31. The van der Waals surface area contributed by atoms with Gasteiger partial charge in [-0.3, -0.25) is 0 Å². The number of halogens is 1. The summed E-state index contributed by atoms with van der Waals surface area (Å²) < 4.78 is 13.7. The molecule has 0 radical (unpaired) electrons. The van der Waals surface area contributed by atoms with Gasteiger partial charge in [-0.05, 0) is 29.9 Å². The van der Waals surface area contributed by atoms with Crippen LogP contribution in [0.15, 0.2) is 41.6 Å². The van der Waals surface area contributed by atoms with Crippen LogP contribution >= 0.6 is 0 Å². The summed E-state index contributed by atoms with van der Waals surface area (Å²) in [6.45, 7) is 0. The standard InChI is InChI=1S/C14H12FNO/c15-13-6-2-4-9-10(3-1-5-11(9)13)12-7-8-14(12)16-17/h1-6,12,17H,7-8H2. The van der Waals surface area contributed by atoms with Crippen molar-refractivity contribution in [1.29, 1.82) is 0 Å². The van der Waals surface area contributed by atoms with Crippen molar-refractivity contribution >= 4 is 16.5 Å². The lowest BCUT2D eigenvalue weighted by Gasteiger charge is -2.28. The van der Waals surface area contributed by atoms with Crippen molar-refractivity contribution in [2.75, 3.05) is 0 Å². The monoisotopic (exact) mass is 229 g/mol. The van der Waals surface area contributed by atoms with Crippen molar-refractivity contribution in [3.63, 3.8) is 0 Å².